The van der Waals surface area contributed by atoms with Crippen LogP contribution in [-0.4, -0.2) is 34.8 Å². The number of aromatic carboxylic acids is 1. The predicted molar refractivity (Wildman–Crippen MR) is 80.4 cm³/mol. The number of hydrogen-bond acceptors (Lipinski definition) is 5. The van der Waals surface area contributed by atoms with Crippen LogP contribution in [0.2, 0.25) is 0 Å². The molecule has 1 unspecified atom stereocenters. The molecule has 1 aromatic heterocycles. The van der Waals surface area contributed by atoms with Crippen molar-refractivity contribution >= 4 is 34.0 Å². The second-order valence-electron chi connectivity index (χ2n) is 5.24. The molecule has 1 aromatic carbocycles. The van der Waals surface area contributed by atoms with Crippen LogP contribution < -0.4 is 4.90 Å². The predicted octanol–water partition coefficient (Wildman–Crippen LogP) is 2.14. The van der Waals surface area contributed by atoms with Gasteiger partial charge in [-0.15, -0.1) is 0 Å². The van der Waals surface area contributed by atoms with Gasteiger partial charge in [-0.3, -0.25) is 9.59 Å². The fourth-order valence-corrected chi connectivity index (χ4v) is 3.36. The number of carbonyl (C=O) groups is 3. The van der Waals surface area contributed by atoms with E-state index in [2.05, 4.69) is 4.98 Å². The maximum Gasteiger partial charge on any atom is 0.365 e. The smallest absolute Gasteiger partial charge is 0.365 e. The highest BCUT2D eigenvalue weighted by Gasteiger charge is 2.41. The number of Topliss-reactive ketones (excluding diaryl/α,β-unsaturated/α-hetero) is 1. The van der Waals surface area contributed by atoms with Gasteiger partial charge in [0.15, 0.2) is 17.4 Å². The molecule has 0 fully saturated rings. The number of aromatic nitrogens is 1. The fourth-order valence-electron chi connectivity index (χ4n) is 2.48. The highest BCUT2D eigenvalue weighted by molar-refractivity contribution is 7.18. The lowest BCUT2D eigenvalue weighted by Crippen LogP contribution is -2.42. The van der Waals surface area contributed by atoms with Gasteiger partial charge in [0.05, 0.1) is 0 Å². The van der Waals surface area contributed by atoms with E-state index in [0.29, 0.717) is 0 Å². The average molecular weight is 352 g/mol. The summed E-state index contributed by atoms with van der Waals surface area (Å²) in [6.45, 7) is 0. The minimum Gasteiger partial charge on any atom is -0.476 e. The molecule has 1 amide bonds. The monoisotopic (exact) mass is 352 g/mol. The Morgan fingerprint density at radius 3 is 2.67 bits per heavy atom. The van der Waals surface area contributed by atoms with Gasteiger partial charge in [-0.2, -0.15) is 0 Å². The number of ketones is 1. The molecule has 9 heteroatoms. The Labute approximate surface area is 138 Å². The molecule has 124 valence electrons. The van der Waals surface area contributed by atoms with E-state index in [1.54, 1.807) is 0 Å². The summed E-state index contributed by atoms with van der Waals surface area (Å²) in [5.41, 5.74) is 0.193. The molecular weight excluding hydrogens is 342 g/mol. The summed E-state index contributed by atoms with van der Waals surface area (Å²) in [7, 11) is 1.41. The zero-order valence-corrected chi connectivity index (χ0v) is 13.1. The Hall–Kier alpha value is -2.68. The number of carboxylic acid groups (broad SMARTS) is 1. The normalized spacial score (nSPS) is 17.1. The Morgan fingerprint density at radius 1 is 1.33 bits per heavy atom. The van der Waals surface area contributed by atoms with E-state index in [0.717, 1.165) is 23.5 Å². The van der Waals surface area contributed by atoms with Crippen LogP contribution in [0.4, 0.5) is 13.8 Å². The molecule has 1 N–H and O–H groups in total. The van der Waals surface area contributed by atoms with Crippen LogP contribution in [0.3, 0.4) is 0 Å². The molecule has 1 aliphatic rings. The zero-order chi connectivity index (χ0) is 17.6. The highest BCUT2D eigenvalue weighted by atomic mass is 32.1. The molecule has 6 nitrogen and oxygen atoms in total. The molecule has 0 spiro atoms. The highest BCUT2D eigenvalue weighted by Crippen LogP contribution is 2.36. The van der Waals surface area contributed by atoms with Crippen LogP contribution in [-0.2, 0) is 11.2 Å². The van der Waals surface area contributed by atoms with Crippen molar-refractivity contribution in [1.29, 1.82) is 0 Å². The number of rotatable bonds is 3. The molecule has 24 heavy (non-hydrogen) atoms. The quantitative estimate of drug-likeness (QED) is 0.855. The van der Waals surface area contributed by atoms with Gasteiger partial charge in [-0.25, -0.2) is 18.6 Å². The summed E-state index contributed by atoms with van der Waals surface area (Å²) >= 11 is 0.736. The van der Waals surface area contributed by atoms with E-state index in [9.17, 15) is 23.2 Å². The van der Waals surface area contributed by atoms with Crippen molar-refractivity contribution in [2.24, 2.45) is 5.92 Å². The van der Waals surface area contributed by atoms with E-state index in [-0.39, 0.29) is 27.7 Å². The number of carbonyl (C=O) groups excluding carboxylic acids is 2. The van der Waals surface area contributed by atoms with Crippen molar-refractivity contribution in [1.82, 2.24) is 4.98 Å². The van der Waals surface area contributed by atoms with Crippen LogP contribution in [0, 0.1) is 17.6 Å². The number of carboxylic acids is 1. The standard InChI is InChI=1S/C15H10F2N2O4S/c1-19-13(21)7(4-6-2-3-8(16)9(17)5-6)11(20)10-14(19)24-12(18-10)15(22)23/h2-3,5,7H,4H2,1H3,(H,22,23). The first-order valence-corrected chi connectivity index (χ1v) is 7.61. The Balaban J connectivity index is 1.97. The zero-order valence-electron chi connectivity index (χ0n) is 12.2. The van der Waals surface area contributed by atoms with Gasteiger partial charge in [0.1, 0.15) is 16.6 Å². The first-order valence-electron chi connectivity index (χ1n) is 6.79. The van der Waals surface area contributed by atoms with Crippen LogP contribution in [0.1, 0.15) is 25.9 Å². The van der Waals surface area contributed by atoms with Crippen molar-refractivity contribution in [3.05, 3.63) is 46.1 Å². The van der Waals surface area contributed by atoms with Crippen molar-refractivity contribution in [3.8, 4) is 0 Å². The number of anilines is 1. The minimum absolute atomic E-state index is 0.0907. The van der Waals surface area contributed by atoms with Gasteiger partial charge in [0, 0.05) is 7.05 Å². The molecule has 2 aromatic rings. The Morgan fingerprint density at radius 2 is 2.04 bits per heavy atom. The number of thiazole rings is 1. The number of fused-ring (bicyclic) bond motifs is 1. The fraction of sp³-hybridized carbons (Fsp3) is 0.200. The van der Waals surface area contributed by atoms with Crippen LogP contribution in [0.15, 0.2) is 18.2 Å². The van der Waals surface area contributed by atoms with Gasteiger partial charge in [-0.05, 0) is 24.1 Å². The van der Waals surface area contributed by atoms with E-state index < -0.39 is 35.2 Å². The first-order chi connectivity index (χ1) is 11.3. The van der Waals surface area contributed by atoms with Crippen molar-refractivity contribution < 1.29 is 28.3 Å². The molecule has 0 aliphatic carbocycles. The topological polar surface area (TPSA) is 87.6 Å². The molecule has 0 saturated carbocycles. The van der Waals surface area contributed by atoms with Crippen molar-refractivity contribution in [3.63, 3.8) is 0 Å². The number of benzene rings is 1. The number of halogens is 2. The van der Waals surface area contributed by atoms with Crippen molar-refractivity contribution in [2.75, 3.05) is 11.9 Å². The Kier molecular flexibility index (Phi) is 3.88. The van der Waals surface area contributed by atoms with Gasteiger partial charge in [-0.1, -0.05) is 17.4 Å². The maximum atomic E-state index is 13.3. The second-order valence-corrected chi connectivity index (χ2v) is 6.22. The molecule has 2 heterocycles. The van der Waals surface area contributed by atoms with Gasteiger partial charge in [0.25, 0.3) is 0 Å². The summed E-state index contributed by atoms with van der Waals surface area (Å²) in [6.07, 6.45) is -0.126. The number of amides is 1. The third kappa shape index (κ3) is 2.56. The third-order valence-corrected chi connectivity index (χ3v) is 4.82. The van der Waals surface area contributed by atoms with E-state index in [4.69, 9.17) is 5.11 Å². The van der Waals surface area contributed by atoms with Crippen LogP contribution in [0.5, 0.6) is 0 Å². The van der Waals surface area contributed by atoms with Crippen molar-refractivity contribution in [2.45, 2.75) is 6.42 Å². The van der Waals surface area contributed by atoms with E-state index in [1.807, 2.05) is 0 Å². The molecule has 1 aliphatic heterocycles. The average Bonchev–Trinajstić information content (AvgIpc) is 2.99. The summed E-state index contributed by atoms with van der Waals surface area (Å²) in [6, 6.07) is 3.14. The SMILES string of the molecule is CN1C(=O)C(Cc2ccc(F)c(F)c2)C(=O)c2nc(C(=O)O)sc21. The summed E-state index contributed by atoms with van der Waals surface area (Å²) < 4.78 is 26.3. The van der Waals surface area contributed by atoms with Gasteiger partial charge < -0.3 is 10.0 Å². The third-order valence-electron chi connectivity index (χ3n) is 3.70. The number of hydrogen-bond donors (Lipinski definition) is 1. The lowest BCUT2D eigenvalue weighted by molar-refractivity contribution is -0.120. The molecule has 0 bridgehead atoms. The molecular formula is C15H10F2N2O4S. The summed E-state index contributed by atoms with van der Waals surface area (Å²) in [4.78, 5) is 40.9. The minimum atomic E-state index is -1.29. The summed E-state index contributed by atoms with van der Waals surface area (Å²) in [5, 5.41) is 8.87. The van der Waals surface area contributed by atoms with Crippen LogP contribution in [0.25, 0.3) is 0 Å². The number of nitrogens with zero attached hydrogens (tertiary/aromatic N) is 2. The Bertz CT molecular complexity index is 880. The van der Waals surface area contributed by atoms with E-state index in [1.165, 1.54) is 18.0 Å². The molecule has 1 atom stereocenters. The lowest BCUT2D eigenvalue weighted by Gasteiger charge is -2.27. The molecule has 0 radical (unpaired) electrons. The largest absolute Gasteiger partial charge is 0.476 e. The summed E-state index contributed by atoms with van der Waals surface area (Å²) in [5.74, 6) is -5.71. The first kappa shape index (κ1) is 16.2. The molecule has 0 saturated heterocycles. The molecule has 3 rings (SSSR count). The maximum absolute atomic E-state index is 13.3. The van der Waals surface area contributed by atoms with Crippen LogP contribution >= 0.6 is 11.3 Å². The van der Waals surface area contributed by atoms with Gasteiger partial charge in [0.2, 0.25) is 10.9 Å². The lowest BCUT2D eigenvalue weighted by atomic mass is 9.90. The van der Waals surface area contributed by atoms with E-state index >= 15 is 0 Å². The van der Waals surface area contributed by atoms with Gasteiger partial charge >= 0.3 is 5.97 Å². The second kappa shape index (κ2) is 5.75.